The highest BCUT2D eigenvalue weighted by Gasteiger charge is 2.04. The average molecular weight is 278 g/mol. The van der Waals surface area contributed by atoms with Crippen LogP contribution in [0.25, 0.3) is 0 Å². The van der Waals surface area contributed by atoms with E-state index in [1.54, 1.807) is 0 Å². The van der Waals surface area contributed by atoms with Crippen LogP contribution in [0.15, 0.2) is 30.3 Å². The molecule has 1 aromatic carbocycles. The van der Waals surface area contributed by atoms with Crippen molar-refractivity contribution in [3.63, 3.8) is 0 Å². The third kappa shape index (κ3) is 7.23. The lowest BCUT2D eigenvalue weighted by atomic mass is 10.1. The molecule has 5 heteroatoms. The van der Waals surface area contributed by atoms with Crippen molar-refractivity contribution in [2.45, 2.75) is 25.3 Å². The molecule has 0 spiro atoms. The zero-order chi connectivity index (χ0) is 14.6. The Morgan fingerprint density at radius 3 is 2.60 bits per heavy atom. The van der Waals surface area contributed by atoms with Crippen molar-refractivity contribution in [2.24, 2.45) is 11.5 Å². The molecular formula is C15H26N4O. The van der Waals surface area contributed by atoms with Gasteiger partial charge in [-0.25, -0.2) is 0 Å². The molecule has 0 radical (unpaired) electrons. The summed E-state index contributed by atoms with van der Waals surface area (Å²) >= 11 is 0. The lowest BCUT2D eigenvalue weighted by molar-refractivity contribution is 0.0953. The molecule has 1 atom stereocenters. The van der Waals surface area contributed by atoms with Crippen LogP contribution in [0.5, 0.6) is 0 Å². The highest BCUT2D eigenvalue weighted by molar-refractivity contribution is 5.94. The van der Waals surface area contributed by atoms with Gasteiger partial charge in [-0.2, -0.15) is 0 Å². The van der Waals surface area contributed by atoms with Gasteiger partial charge in [0.1, 0.15) is 0 Å². The second-order valence-electron chi connectivity index (χ2n) is 4.87. The number of amides is 1. The predicted molar refractivity (Wildman–Crippen MR) is 82.5 cm³/mol. The Morgan fingerprint density at radius 2 is 1.90 bits per heavy atom. The van der Waals surface area contributed by atoms with Gasteiger partial charge in [0.2, 0.25) is 0 Å². The van der Waals surface area contributed by atoms with E-state index < -0.39 is 0 Å². The van der Waals surface area contributed by atoms with Crippen molar-refractivity contribution in [3.8, 4) is 0 Å². The molecule has 1 rings (SSSR count). The number of carbonyl (C=O) groups is 1. The van der Waals surface area contributed by atoms with Gasteiger partial charge >= 0.3 is 0 Å². The van der Waals surface area contributed by atoms with Gasteiger partial charge in [-0.3, -0.25) is 4.79 Å². The largest absolute Gasteiger partial charge is 0.352 e. The fourth-order valence-electron chi connectivity index (χ4n) is 1.92. The van der Waals surface area contributed by atoms with Gasteiger partial charge in [0, 0.05) is 37.8 Å². The van der Waals surface area contributed by atoms with Crippen LogP contribution in [0.2, 0.25) is 0 Å². The van der Waals surface area contributed by atoms with Crippen molar-refractivity contribution in [2.75, 3.05) is 26.2 Å². The summed E-state index contributed by atoms with van der Waals surface area (Å²) in [6.45, 7) is 2.93. The number of benzene rings is 1. The number of hydrogen-bond donors (Lipinski definition) is 4. The second-order valence-corrected chi connectivity index (χ2v) is 4.87. The Labute approximate surface area is 121 Å². The minimum absolute atomic E-state index is 0.0143. The van der Waals surface area contributed by atoms with E-state index >= 15 is 0 Å². The molecule has 112 valence electrons. The van der Waals surface area contributed by atoms with Gasteiger partial charge in [-0.15, -0.1) is 0 Å². The highest BCUT2D eigenvalue weighted by Crippen LogP contribution is 2.00. The number of rotatable bonds is 10. The zero-order valence-corrected chi connectivity index (χ0v) is 12.0. The Hall–Kier alpha value is -1.43. The van der Waals surface area contributed by atoms with Gasteiger partial charge in [0.25, 0.3) is 5.91 Å². The van der Waals surface area contributed by atoms with Crippen molar-refractivity contribution >= 4 is 5.91 Å². The molecule has 6 N–H and O–H groups in total. The van der Waals surface area contributed by atoms with Crippen LogP contribution in [-0.4, -0.2) is 38.1 Å². The maximum atomic E-state index is 11.8. The quantitative estimate of drug-likeness (QED) is 0.468. The smallest absolute Gasteiger partial charge is 0.251 e. The second kappa shape index (κ2) is 10.4. The Kier molecular flexibility index (Phi) is 8.62. The Morgan fingerprint density at radius 1 is 1.15 bits per heavy atom. The summed E-state index contributed by atoms with van der Waals surface area (Å²) in [5, 5.41) is 6.11. The van der Waals surface area contributed by atoms with Crippen LogP contribution >= 0.6 is 0 Å². The molecule has 0 aliphatic heterocycles. The Balaban J connectivity index is 2.03. The summed E-state index contributed by atoms with van der Waals surface area (Å²) in [6.07, 6.45) is 2.92. The van der Waals surface area contributed by atoms with Gasteiger partial charge in [0.05, 0.1) is 0 Å². The van der Waals surface area contributed by atoms with E-state index in [1.165, 1.54) is 0 Å². The van der Waals surface area contributed by atoms with Crippen LogP contribution in [0.4, 0.5) is 0 Å². The molecule has 5 nitrogen and oxygen atoms in total. The Bertz CT molecular complexity index is 369. The first-order valence-electron chi connectivity index (χ1n) is 7.23. The molecule has 0 saturated carbocycles. The third-order valence-electron chi connectivity index (χ3n) is 3.05. The maximum absolute atomic E-state index is 11.8. The van der Waals surface area contributed by atoms with E-state index in [9.17, 15) is 4.79 Å². The SMILES string of the molecule is NCCNCC(N)CCCCNC(=O)c1ccccc1. The van der Waals surface area contributed by atoms with Gasteiger partial charge in [-0.05, 0) is 25.0 Å². The van der Waals surface area contributed by atoms with Crippen LogP contribution in [0.3, 0.4) is 0 Å². The topological polar surface area (TPSA) is 93.2 Å². The number of carbonyl (C=O) groups excluding carboxylic acids is 1. The lowest BCUT2D eigenvalue weighted by Crippen LogP contribution is -2.36. The number of hydrogen-bond acceptors (Lipinski definition) is 4. The maximum Gasteiger partial charge on any atom is 0.251 e. The normalized spacial score (nSPS) is 12.1. The molecular weight excluding hydrogens is 252 g/mol. The van der Waals surface area contributed by atoms with Crippen LogP contribution in [-0.2, 0) is 0 Å². The summed E-state index contributed by atoms with van der Waals surface area (Å²) in [7, 11) is 0. The van der Waals surface area contributed by atoms with E-state index in [4.69, 9.17) is 11.5 Å². The van der Waals surface area contributed by atoms with Crippen LogP contribution in [0, 0.1) is 0 Å². The first-order chi connectivity index (χ1) is 9.74. The van der Waals surface area contributed by atoms with Crippen molar-refractivity contribution < 1.29 is 4.79 Å². The number of nitrogens with two attached hydrogens (primary N) is 2. The van der Waals surface area contributed by atoms with E-state index in [0.717, 1.165) is 32.4 Å². The van der Waals surface area contributed by atoms with Crippen molar-refractivity contribution in [1.29, 1.82) is 0 Å². The molecule has 0 aliphatic rings. The summed E-state index contributed by atoms with van der Waals surface area (Å²) in [4.78, 5) is 11.8. The molecule has 0 bridgehead atoms. The van der Waals surface area contributed by atoms with Crippen LogP contribution in [0.1, 0.15) is 29.6 Å². The zero-order valence-electron chi connectivity index (χ0n) is 12.0. The van der Waals surface area contributed by atoms with E-state index in [2.05, 4.69) is 10.6 Å². The van der Waals surface area contributed by atoms with E-state index in [1.807, 2.05) is 30.3 Å². The van der Waals surface area contributed by atoms with Crippen molar-refractivity contribution in [1.82, 2.24) is 10.6 Å². The highest BCUT2D eigenvalue weighted by atomic mass is 16.1. The van der Waals surface area contributed by atoms with Gasteiger partial charge in [0.15, 0.2) is 0 Å². The first kappa shape index (κ1) is 16.6. The number of unbranched alkanes of at least 4 members (excludes halogenated alkanes) is 1. The minimum atomic E-state index is -0.0143. The number of nitrogens with one attached hydrogen (secondary N) is 2. The molecule has 1 unspecified atom stereocenters. The van der Waals surface area contributed by atoms with Gasteiger partial charge in [-0.1, -0.05) is 24.6 Å². The standard InChI is InChI=1S/C15H26N4O/c16-9-11-18-12-14(17)8-4-5-10-19-15(20)13-6-2-1-3-7-13/h1-3,6-7,14,18H,4-5,8-12,16-17H2,(H,19,20). The summed E-state index contributed by atoms with van der Waals surface area (Å²) in [5.74, 6) is -0.0143. The molecule has 0 saturated heterocycles. The van der Waals surface area contributed by atoms with Crippen LogP contribution < -0.4 is 22.1 Å². The molecule has 1 amide bonds. The first-order valence-corrected chi connectivity index (χ1v) is 7.23. The van der Waals surface area contributed by atoms with Crippen molar-refractivity contribution in [3.05, 3.63) is 35.9 Å². The molecule has 0 heterocycles. The van der Waals surface area contributed by atoms with E-state index in [0.29, 0.717) is 18.7 Å². The predicted octanol–water partition coefficient (Wildman–Crippen LogP) is 0.462. The monoisotopic (exact) mass is 278 g/mol. The molecule has 0 aromatic heterocycles. The molecule has 20 heavy (non-hydrogen) atoms. The summed E-state index contributed by atoms with van der Waals surface area (Å²) in [6, 6.07) is 9.41. The minimum Gasteiger partial charge on any atom is -0.352 e. The fourth-order valence-corrected chi connectivity index (χ4v) is 1.92. The molecule has 0 aliphatic carbocycles. The third-order valence-corrected chi connectivity index (χ3v) is 3.05. The lowest BCUT2D eigenvalue weighted by Gasteiger charge is -2.12. The fraction of sp³-hybridized carbons (Fsp3) is 0.533. The molecule has 0 fully saturated rings. The van der Waals surface area contributed by atoms with Gasteiger partial charge < -0.3 is 22.1 Å². The van der Waals surface area contributed by atoms with E-state index in [-0.39, 0.29) is 11.9 Å². The average Bonchev–Trinajstić information content (AvgIpc) is 2.48. The summed E-state index contributed by atoms with van der Waals surface area (Å²) < 4.78 is 0. The molecule has 1 aromatic rings. The summed E-state index contributed by atoms with van der Waals surface area (Å²) in [5.41, 5.74) is 12.0.